The Balaban J connectivity index is 1.37. The average Bonchev–Trinajstić information content (AvgIpc) is 3.54. The molecule has 0 saturated carbocycles. The third-order valence-corrected chi connectivity index (χ3v) is 9.48. The molecular formula is C26H32N6OS. The van der Waals surface area contributed by atoms with Gasteiger partial charge in [-0.25, -0.2) is 0 Å². The van der Waals surface area contributed by atoms with Gasteiger partial charge in [0.15, 0.2) is 11.7 Å². The van der Waals surface area contributed by atoms with Gasteiger partial charge in [-0.1, -0.05) is 19.1 Å². The first kappa shape index (κ1) is 21.1. The summed E-state index contributed by atoms with van der Waals surface area (Å²) in [5, 5.41) is 3.53. The van der Waals surface area contributed by atoms with Crippen LogP contribution in [0.1, 0.15) is 25.3 Å². The second kappa shape index (κ2) is 8.16. The fourth-order valence-electron chi connectivity index (χ4n) is 6.73. The second-order valence-electron chi connectivity index (χ2n) is 10.3. The molecule has 0 radical (unpaired) electrons. The minimum atomic E-state index is -0.0348. The smallest absolute Gasteiger partial charge is 0.193 e. The molecule has 7 nitrogen and oxygen atoms in total. The van der Waals surface area contributed by atoms with Crippen molar-refractivity contribution in [3.8, 4) is 0 Å². The van der Waals surface area contributed by atoms with E-state index in [2.05, 4.69) is 55.6 Å². The monoisotopic (exact) mass is 476 g/mol. The molecule has 0 amide bonds. The Morgan fingerprint density at radius 1 is 1.09 bits per heavy atom. The van der Waals surface area contributed by atoms with Crippen molar-refractivity contribution in [2.75, 3.05) is 50.7 Å². The summed E-state index contributed by atoms with van der Waals surface area (Å²) in [6.07, 6.45) is 3.99. The van der Waals surface area contributed by atoms with Crippen molar-refractivity contribution in [1.29, 1.82) is 0 Å². The molecule has 4 aliphatic heterocycles. The molecule has 3 fully saturated rings. The first-order valence-electron chi connectivity index (χ1n) is 12.8. The molecule has 0 bridgehead atoms. The van der Waals surface area contributed by atoms with Gasteiger partial charge >= 0.3 is 0 Å². The van der Waals surface area contributed by atoms with E-state index in [-0.39, 0.29) is 11.7 Å². The molecule has 7 rings (SSSR count). The summed E-state index contributed by atoms with van der Waals surface area (Å²) in [5.74, 6) is 2.51. The number of thiazole rings is 1. The quantitative estimate of drug-likeness (QED) is 0.630. The number of aromatic nitrogens is 1. The van der Waals surface area contributed by atoms with Crippen LogP contribution in [0.2, 0.25) is 0 Å². The molecule has 2 aromatic heterocycles. The van der Waals surface area contributed by atoms with E-state index < -0.39 is 0 Å². The first-order valence-corrected chi connectivity index (χ1v) is 13.6. The normalized spacial score (nSPS) is 28.3. The van der Waals surface area contributed by atoms with Crippen LogP contribution in [0.3, 0.4) is 0 Å². The predicted octanol–water partition coefficient (Wildman–Crippen LogP) is 2.67. The number of rotatable bonds is 3. The molecule has 178 valence electrons. The Morgan fingerprint density at radius 3 is 2.62 bits per heavy atom. The summed E-state index contributed by atoms with van der Waals surface area (Å²) in [5.41, 5.74) is 2.01. The minimum absolute atomic E-state index is 0.0348. The molecule has 0 spiro atoms. The standard InChI is InChI=1S/C26H32N6OS/c1-2-29-13-17-15-30(16-18(17)14-29)26-28-12-20-22(33)11-24-32(21-5-3-4-6-23(21)34-24)25(20)31(26)19-7-9-27-10-8-19/h3-6,11-12,17-19,26-27H,2,7-10,13-16H2,1H3. The lowest BCUT2D eigenvalue weighted by Gasteiger charge is -2.45. The third-order valence-electron chi connectivity index (χ3n) is 8.41. The maximum absolute atomic E-state index is 13.3. The number of piperidine rings is 1. The lowest BCUT2D eigenvalue weighted by molar-refractivity contribution is 0.188. The van der Waals surface area contributed by atoms with Gasteiger partial charge in [0.05, 0.1) is 15.8 Å². The Kier molecular flexibility index (Phi) is 5.05. The number of hydrogen-bond acceptors (Lipinski definition) is 7. The fourth-order valence-corrected chi connectivity index (χ4v) is 7.80. The van der Waals surface area contributed by atoms with Crippen LogP contribution < -0.4 is 15.6 Å². The Labute approximate surface area is 203 Å². The molecule has 1 aromatic carbocycles. The highest BCUT2D eigenvalue weighted by Gasteiger charge is 2.45. The zero-order valence-electron chi connectivity index (χ0n) is 19.7. The topological polar surface area (TPSA) is 55.6 Å². The van der Waals surface area contributed by atoms with E-state index in [9.17, 15) is 4.79 Å². The third kappa shape index (κ3) is 3.19. The van der Waals surface area contributed by atoms with Gasteiger partial charge in [0.1, 0.15) is 10.6 Å². The van der Waals surface area contributed by atoms with Gasteiger partial charge < -0.3 is 15.1 Å². The lowest BCUT2D eigenvalue weighted by Crippen LogP contribution is -2.56. The van der Waals surface area contributed by atoms with E-state index in [1.165, 1.54) is 23.3 Å². The van der Waals surface area contributed by atoms with Gasteiger partial charge in [0.25, 0.3) is 0 Å². The van der Waals surface area contributed by atoms with Crippen LogP contribution in [0.25, 0.3) is 15.0 Å². The van der Waals surface area contributed by atoms with E-state index in [4.69, 9.17) is 4.99 Å². The summed E-state index contributed by atoms with van der Waals surface area (Å²) in [6.45, 7) is 10.0. The molecule has 6 heterocycles. The van der Waals surface area contributed by atoms with Crippen molar-refractivity contribution < 1.29 is 0 Å². The lowest BCUT2D eigenvalue weighted by atomic mass is 10.0. The number of nitrogens with zero attached hydrogens (tertiary/aromatic N) is 5. The van der Waals surface area contributed by atoms with Gasteiger partial charge in [-0.3, -0.25) is 19.1 Å². The number of likely N-dealkylation sites (tertiary alicyclic amines) is 2. The Morgan fingerprint density at radius 2 is 1.85 bits per heavy atom. The average molecular weight is 477 g/mol. The van der Waals surface area contributed by atoms with Crippen LogP contribution in [-0.2, 0) is 0 Å². The highest BCUT2D eigenvalue weighted by molar-refractivity contribution is 7.24. The van der Waals surface area contributed by atoms with Crippen molar-refractivity contribution in [2.24, 2.45) is 16.8 Å². The van der Waals surface area contributed by atoms with Crippen LogP contribution in [0, 0.1) is 11.8 Å². The van der Waals surface area contributed by atoms with E-state index in [0.29, 0.717) is 6.04 Å². The van der Waals surface area contributed by atoms with Crippen LogP contribution in [0.15, 0.2) is 40.1 Å². The number of pyridine rings is 1. The van der Waals surface area contributed by atoms with Gasteiger partial charge in [0.2, 0.25) is 0 Å². The van der Waals surface area contributed by atoms with Crippen LogP contribution in [-0.4, -0.2) is 78.6 Å². The van der Waals surface area contributed by atoms with Crippen molar-refractivity contribution in [2.45, 2.75) is 32.1 Å². The number of para-hydroxylation sites is 1. The summed E-state index contributed by atoms with van der Waals surface area (Å²) >= 11 is 1.71. The first-order chi connectivity index (χ1) is 16.7. The molecule has 3 aromatic rings. The highest BCUT2D eigenvalue weighted by atomic mass is 32.1. The fraction of sp³-hybridized carbons (Fsp3) is 0.538. The van der Waals surface area contributed by atoms with E-state index >= 15 is 0 Å². The van der Waals surface area contributed by atoms with Gasteiger partial charge in [0, 0.05) is 44.5 Å². The highest BCUT2D eigenvalue weighted by Crippen LogP contribution is 2.39. The summed E-state index contributed by atoms with van der Waals surface area (Å²) < 4.78 is 3.56. The number of nitrogens with one attached hydrogen (secondary N) is 1. The van der Waals surface area contributed by atoms with E-state index in [0.717, 1.165) is 73.6 Å². The van der Waals surface area contributed by atoms with Crippen LogP contribution >= 0.6 is 11.3 Å². The SMILES string of the molecule is CCN1CC2CN(C3N=Cc4c(n5c(cc4=O)sc4ccccc45)N3C3CCNCC3)CC2C1. The van der Waals surface area contributed by atoms with Crippen molar-refractivity contribution >= 4 is 38.4 Å². The summed E-state index contributed by atoms with van der Waals surface area (Å²) in [7, 11) is 0. The van der Waals surface area contributed by atoms with Crippen molar-refractivity contribution in [3.05, 3.63) is 46.1 Å². The maximum atomic E-state index is 13.3. The number of fused-ring (bicyclic) bond motifs is 6. The van der Waals surface area contributed by atoms with Crippen LogP contribution in [0.5, 0.6) is 0 Å². The van der Waals surface area contributed by atoms with Crippen molar-refractivity contribution in [1.82, 2.24) is 19.5 Å². The van der Waals surface area contributed by atoms with E-state index in [1.807, 2.05) is 6.21 Å². The summed E-state index contributed by atoms with van der Waals surface area (Å²) in [4.78, 5) is 27.1. The van der Waals surface area contributed by atoms with Gasteiger partial charge in [-0.15, -0.1) is 11.3 Å². The number of anilines is 1. The molecule has 3 unspecified atom stereocenters. The largest absolute Gasteiger partial charge is 0.319 e. The molecule has 1 N–H and O–H groups in total. The Hall–Kier alpha value is -2.26. The predicted molar refractivity (Wildman–Crippen MR) is 139 cm³/mol. The van der Waals surface area contributed by atoms with Gasteiger partial charge in [-0.2, -0.15) is 0 Å². The van der Waals surface area contributed by atoms with E-state index in [1.54, 1.807) is 17.4 Å². The van der Waals surface area contributed by atoms with Crippen LogP contribution in [0.4, 0.5) is 5.82 Å². The second-order valence-corrected chi connectivity index (χ2v) is 11.4. The minimum Gasteiger partial charge on any atom is -0.319 e. The van der Waals surface area contributed by atoms with Crippen molar-refractivity contribution in [3.63, 3.8) is 0 Å². The molecule has 3 atom stereocenters. The molecule has 3 saturated heterocycles. The number of benzene rings is 1. The molecule has 4 aliphatic rings. The number of hydrogen-bond donors (Lipinski definition) is 1. The Bertz CT molecular complexity index is 1310. The zero-order valence-corrected chi connectivity index (χ0v) is 20.5. The van der Waals surface area contributed by atoms with Gasteiger partial charge in [-0.05, 0) is 56.4 Å². The zero-order chi connectivity index (χ0) is 22.8. The maximum Gasteiger partial charge on any atom is 0.193 e. The molecular weight excluding hydrogens is 444 g/mol. The summed E-state index contributed by atoms with van der Waals surface area (Å²) in [6, 6.07) is 10.7. The molecule has 8 heteroatoms. The number of aliphatic imine (C=N–C) groups is 1. The molecule has 34 heavy (non-hydrogen) atoms. The molecule has 0 aliphatic carbocycles.